The Hall–Kier alpha value is -1.68. The zero-order chi connectivity index (χ0) is 12.5. The molecule has 6 nitrogen and oxygen atoms in total. The summed E-state index contributed by atoms with van der Waals surface area (Å²) in [5.41, 5.74) is 1.86. The average molecular weight is 264 g/mol. The van der Waals surface area contributed by atoms with Crippen LogP contribution in [0.2, 0.25) is 0 Å². The summed E-state index contributed by atoms with van der Waals surface area (Å²) in [6, 6.07) is 0.898. The quantitative estimate of drug-likeness (QED) is 0.640. The van der Waals surface area contributed by atoms with E-state index in [0.717, 1.165) is 22.3 Å². The minimum absolute atomic E-state index is 0.0755. The van der Waals surface area contributed by atoms with Crippen molar-refractivity contribution in [3.8, 4) is 0 Å². The molecular weight excluding hydrogens is 257 g/mol. The lowest BCUT2D eigenvalue weighted by Crippen LogP contribution is -2.11. The van der Waals surface area contributed by atoms with Gasteiger partial charge in [-0.2, -0.15) is 18.3 Å². The highest BCUT2D eigenvalue weighted by Gasteiger charge is 2.33. The van der Waals surface area contributed by atoms with Crippen LogP contribution >= 0.6 is 11.5 Å². The summed E-state index contributed by atoms with van der Waals surface area (Å²) >= 11 is 1.02. The first-order valence-corrected chi connectivity index (χ1v) is 5.16. The topological polar surface area (TPSA) is 81.6 Å². The van der Waals surface area contributed by atoms with Gasteiger partial charge < -0.3 is 5.43 Å². The SMILES string of the molecule is NNc1snnc1Cn1ccc(C(F)(F)F)n1. The fourth-order valence-corrected chi connectivity index (χ4v) is 1.66. The molecule has 0 unspecified atom stereocenters. The van der Waals surface area contributed by atoms with Crippen LogP contribution in [0.25, 0.3) is 0 Å². The monoisotopic (exact) mass is 264 g/mol. The number of aromatic nitrogens is 4. The molecule has 0 amide bonds. The van der Waals surface area contributed by atoms with Crippen LogP contribution in [0.4, 0.5) is 18.2 Å². The molecule has 2 aromatic heterocycles. The highest BCUT2D eigenvalue weighted by atomic mass is 32.1. The molecule has 0 aromatic carbocycles. The molecule has 2 aromatic rings. The molecule has 0 saturated heterocycles. The first-order valence-electron chi connectivity index (χ1n) is 4.39. The minimum atomic E-state index is -4.44. The number of rotatable bonds is 3. The number of anilines is 1. The minimum Gasteiger partial charge on any atom is -0.313 e. The second-order valence-corrected chi connectivity index (χ2v) is 3.84. The van der Waals surface area contributed by atoms with Gasteiger partial charge >= 0.3 is 6.18 Å². The lowest BCUT2D eigenvalue weighted by atomic mass is 10.4. The second kappa shape index (κ2) is 4.30. The maximum atomic E-state index is 12.3. The predicted molar refractivity (Wildman–Crippen MR) is 54.1 cm³/mol. The van der Waals surface area contributed by atoms with Crippen LogP contribution in [0.15, 0.2) is 12.3 Å². The Morgan fingerprint density at radius 2 is 2.24 bits per heavy atom. The van der Waals surface area contributed by atoms with Gasteiger partial charge in [-0.3, -0.25) is 4.68 Å². The number of nitrogens with one attached hydrogen (secondary N) is 1. The Balaban J connectivity index is 2.17. The first kappa shape index (κ1) is 11.8. The van der Waals surface area contributed by atoms with Crippen molar-refractivity contribution in [1.29, 1.82) is 0 Å². The molecule has 0 saturated carbocycles. The van der Waals surface area contributed by atoms with E-state index in [1.54, 1.807) is 0 Å². The van der Waals surface area contributed by atoms with Crippen LogP contribution in [0, 0.1) is 0 Å². The summed E-state index contributed by atoms with van der Waals surface area (Å²) in [7, 11) is 0. The number of nitrogens with zero attached hydrogens (tertiary/aromatic N) is 4. The van der Waals surface area contributed by atoms with Gasteiger partial charge in [0.1, 0.15) is 10.7 Å². The number of alkyl halides is 3. The molecular formula is C7H7F3N6S. The van der Waals surface area contributed by atoms with E-state index in [0.29, 0.717) is 10.7 Å². The van der Waals surface area contributed by atoms with E-state index in [-0.39, 0.29) is 6.54 Å². The summed E-state index contributed by atoms with van der Waals surface area (Å²) in [6.07, 6.45) is -3.22. The van der Waals surface area contributed by atoms with Gasteiger partial charge in [0.05, 0.1) is 6.54 Å². The summed E-state index contributed by atoms with van der Waals surface area (Å²) in [4.78, 5) is 0. The molecule has 92 valence electrons. The number of nitrogen functional groups attached to an aromatic ring is 1. The van der Waals surface area contributed by atoms with Gasteiger partial charge in [-0.1, -0.05) is 4.49 Å². The van der Waals surface area contributed by atoms with Crippen LogP contribution in [0.3, 0.4) is 0 Å². The Labute approximate surface area is 97.4 Å². The van der Waals surface area contributed by atoms with E-state index in [2.05, 4.69) is 20.1 Å². The zero-order valence-corrected chi connectivity index (χ0v) is 9.09. The van der Waals surface area contributed by atoms with Gasteiger partial charge in [0, 0.05) is 17.7 Å². The summed E-state index contributed by atoms with van der Waals surface area (Å²) in [5.74, 6) is 5.19. The van der Waals surface area contributed by atoms with E-state index < -0.39 is 11.9 Å². The Morgan fingerprint density at radius 3 is 2.82 bits per heavy atom. The number of hydrogen-bond acceptors (Lipinski definition) is 6. The second-order valence-electron chi connectivity index (χ2n) is 3.09. The predicted octanol–water partition coefficient (Wildman–Crippen LogP) is 1.09. The molecule has 3 N–H and O–H groups in total. The molecule has 2 rings (SSSR count). The third-order valence-electron chi connectivity index (χ3n) is 1.93. The van der Waals surface area contributed by atoms with Crippen molar-refractivity contribution in [2.24, 2.45) is 5.84 Å². The molecule has 2 heterocycles. The van der Waals surface area contributed by atoms with E-state index in [4.69, 9.17) is 5.84 Å². The molecule has 0 aliphatic heterocycles. The first-order chi connectivity index (χ1) is 8.00. The molecule has 0 aliphatic rings. The molecule has 0 bridgehead atoms. The van der Waals surface area contributed by atoms with Gasteiger partial charge in [-0.25, -0.2) is 5.84 Å². The Morgan fingerprint density at radius 1 is 1.47 bits per heavy atom. The van der Waals surface area contributed by atoms with Gasteiger partial charge in [-0.15, -0.1) is 5.10 Å². The number of hydrazine groups is 1. The van der Waals surface area contributed by atoms with Crippen molar-refractivity contribution in [1.82, 2.24) is 19.4 Å². The highest BCUT2D eigenvalue weighted by Crippen LogP contribution is 2.27. The van der Waals surface area contributed by atoms with Crippen molar-refractivity contribution in [2.75, 3.05) is 5.43 Å². The standard InChI is InChI=1S/C7H7F3N6S/c8-7(9,10)5-1-2-16(14-5)3-4-6(12-11)17-15-13-4/h1-2,12H,3,11H2. The molecule has 0 fully saturated rings. The van der Waals surface area contributed by atoms with Crippen LogP contribution in [0.5, 0.6) is 0 Å². The summed E-state index contributed by atoms with van der Waals surface area (Å²) in [6.45, 7) is 0.0755. The van der Waals surface area contributed by atoms with E-state index in [1.165, 1.54) is 6.20 Å². The van der Waals surface area contributed by atoms with Crippen molar-refractivity contribution >= 4 is 16.5 Å². The Bertz CT molecular complexity index is 504. The Kier molecular flexibility index (Phi) is 2.98. The van der Waals surface area contributed by atoms with Crippen molar-refractivity contribution in [3.63, 3.8) is 0 Å². The van der Waals surface area contributed by atoms with Gasteiger partial charge in [0.25, 0.3) is 0 Å². The van der Waals surface area contributed by atoms with Gasteiger partial charge in [0.2, 0.25) is 0 Å². The van der Waals surface area contributed by atoms with E-state index in [9.17, 15) is 13.2 Å². The van der Waals surface area contributed by atoms with Crippen molar-refractivity contribution in [3.05, 3.63) is 23.7 Å². The van der Waals surface area contributed by atoms with Crippen LogP contribution in [0.1, 0.15) is 11.4 Å². The largest absolute Gasteiger partial charge is 0.435 e. The van der Waals surface area contributed by atoms with Crippen LogP contribution in [-0.4, -0.2) is 19.4 Å². The van der Waals surface area contributed by atoms with Crippen molar-refractivity contribution < 1.29 is 13.2 Å². The lowest BCUT2D eigenvalue weighted by Gasteiger charge is -2.02. The molecule has 0 spiro atoms. The number of nitrogens with two attached hydrogens (primary N) is 1. The van der Waals surface area contributed by atoms with E-state index in [1.807, 2.05) is 0 Å². The fourth-order valence-electron chi connectivity index (χ4n) is 1.18. The lowest BCUT2D eigenvalue weighted by molar-refractivity contribution is -0.141. The maximum Gasteiger partial charge on any atom is 0.435 e. The third kappa shape index (κ3) is 2.53. The van der Waals surface area contributed by atoms with Gasteiger partial charge in [0.15, 0.2) is 5.69 Å². The van der Waals surface area contributed by atoms with Crippen LogP contribution < -0.4 is 11.3 Å². The van der Waals surface area contributed by atoms with Crippen molar-refractivity contribution in [2.45, 2.75) is 12.7 Å². The molecule has 17 heavy (non-hydrogen) atoms. The fraction of sp³-hybridized carbons (Fsp3) is 0.286. The third-order valence-corrected chi connectivity index (χ3v) is 2.63. The summed E-state index contributed by atoms with van der Waals surface area (Å²) in [5, 5.41) is 7.62. The van der Waals surface area contributed by atoms with E-state index >= 15 is 0 Å². The maximum absolute atomic E-state index is 12.3. The summed E-state index contributed by atoms with van der Waals surface area (Å²) < 4.78 is 41.6. The molecule has 0 atom stereocenters. The molecule has 0 aliphatic carbocycles. The molecule has 0 radical (unpaired) electrons. The normalized spacial score (nSPS) is 11.8. The van der Waals surface area contributed by atoms with Gasteiger partial charge in [-0.05, 0) is 6.07 Å². The number of hydrogen-bond donors (Lipinski definition) is 2. The highest BCUT2D eigenvalue weighted by molar-refractivity contribution is 7.10. The molecule has 10 heteroatoms. The average Bonchev–Trinajstić information content (AvgIpc) is 2.86. The zero-order valence-electron chi connectivity index (χ0n) is 8.27. The number of halogens is 3. The van der Waals surface area contributed by atoms with Crippen LogP contribution in [-0.2, 0) is 12.7 Å². The smallest absolute Gasteiger partial charge is 0.313 e.